The van der Waals surface area contributed by atoms with Gasteiger partial charge in [0.1, 0.15) is 12.3 Å². The zero-order valence-electron chi connectivity index (χ0n) is 16.1. The van der Waals surface area contributed by atoms with Crippen molar-refractivity contribution in [3.63, 3.8) is 0 Å². The number of benzene rings is 2. The molecule has 1 N–H and O–H groups in total. The number of hydrogen-bond acceptors (Lipinski definition) is 6. The van der Waals surface area contributed by atoms with Crippen molar-refractivity contribution in [2.45, 2.75) is 6.92 Å². The highest BCUT2D eigenvalue weighted by Crippen LogP contribution is 2.23. The van der Waals surface area contributed by atoms with Gasteiger partial charge >= 0.3 is 5.97 Å². The molecule has 0 aromatic heterocycles. The molecule has 0 aliphatic carbocycles. The fourth-order valence-electron chi connectivity index (χ4n) is 2.49. The molecule has 0 spiro atoms. The SMILES string of the molecule is COC(=O)c1ccc(C)c(NC(=O)CN(c2cccc(OC)c2)S(C)(=O)=O)c1. The molecule has 8 nitrogen and oxygen atoms in total. The van der Waals surface area contributed by atoms with E-state index in [1.54, 1.807) is 37.3 Å². The Labute approximate surface area is 164 Å². The van der Waals surface area contributed by atoms with Gasteiger partial charge in [-0.2, -0.15) is 0 Å². The number of anilines is 2. The predicted octanol–water partition coefficient (Wildman–Crippen LogP) is 2.19. The molecule has 0 radical (unpaired) electrons. The van der Waals surface area contributed by atoms with Crippen LogP contribution in [0.2, 0.25) is 0 Å². The minimum Gasteiger partial charge on any atom is -0.497 e. The van der Waals surface area contributed by atoms with E-state index in [2.05, 4.69) is 10.1 Å². The van der Waals surface area contributed by atoms with Gasteiger partial charge in [0.2, 0.25) is 15.9 Å². The molecule has 0 saturated heterocycles. The molecule has 28 heavy (non-hydrogen) atoms. The number of aryl methyl sites for hydroxylation is 1. The van der Waals surface area contributed by atoms with Crippen LogP contribution in [-0.4, -0.2) is 47.3 Å². The second-order valence-electron chi connectivity index (χ2n) is 6.04. The van der Waals surface area contributed by atoms with Crippen molar-refractivity contribution in [1.82, 2.24) is 0 Å². The Morgan fingerprint density at radius 2 is 1.82 bits per heavy atom. The van der Waals surface area contributed by atoms with Gasteiger partial charge < -0.3 is 14.8 Å². The molecule has 2 aromatic rings. The van der Waals surface area contributed by atoms with Crippen LogP contribution in [0.4, 0.5) is 11.4 Å². The second-order valence-corrected chi connectivity index (χ2v) is 7.95. The van der Waals surface area contributed by atoms with Gasteiger partial charge in [0.05, 0.1) is 31.7 Å². The number of esters is 1. The van der Waals surface area contributed by atoms with Crippen molar-refractivity contribution in [1.29, 1.82) is 0 Å². The summed E-state index contributed by atoms with van der Waals surface area (Å²) in [4.78, 5) is 24.2. The lowest BCUT2D eigenvalue weighted by Gasteiger charge is -2.22. The highest BCUT2D eigenvalue weighted by atomic mass is 32.2. The van der Waals surface area contributed by atoms with E-state index in [0.29, 0.717) is 22.7 Å². The lowest BCUT2D eigenvalue weighted by Crippen LogP contribution is -2.37. The third kappa shape index (κ3) is 5.23. The zero-order valence-corrected chi connectivity index (χ0v) is 16.9. The van der Waals surface area contributed by atoms with Crippen LogP contribution < -0.4 is 14.4 Å². The molecule has 0 unspecified atom stereocenters. The highest BCUT2D eigenvalue weighted by molar-refractivity contribution is 7.92. The Morgan fingerprint density at radius 1 is 1.11 bits per heavy atom. The molecule has 150 valence electrons. The lowest BCUT2D eigenvalue weighted by atomic mass is 10.1. The van der Waals surface area contributed by atoms with Crippen molar-refractivity contribution in [3.8, 4) is 5.75 Å². The minimum atomic E-state index is -3.72. The molecular weight excluding hydrogens is 384 g/mol. The summed E-state index contributed by atoms with van der Waals surface area (Å²) in [6, 6.07) is 11.1. The minimum absolute atomic E-state index is 0.274. The molecule has 0 fully saturated rings. The van der Waals surface area contributed by atoms with Crippen LogP contribution in [-0.2, 0) is 19.6 Å². The first-order valence-corrected chi connectivity index (χ1v) is 10.1. The monoisotopic (exact) mass is 406 g/mol. The molecule has 0 aliphatic rings. The molecular formula is C19H22N2O6S. The average Bonchev–Trinajstić information content (AvgIpc) is 2.66. The average molecular weight is 406 g/mol. The second kappa shape index (κ2) is 8.75. The molecule has 0 atom stereocenters. The van der Waals surface area contributed by atoms with Crippen LogP contribution >= 0.6 is 0 Å². The Morgan fingerprint density at radius 3 is 2.43 bits per heavy atom. The first-order valence-electron chi connectivity index (χ1n) is 8.26. The Hall–Kier alpha value is -3.07. The summed E-state index contributed by atoms with van der Waals surface area (Å²) in [6.45, 7) is 1.32. The van der Waals surface area contributed by atoms with E-state index in [1.165, 1.54) is 26.4 Å². The molecule has 0 bridgehead atoms. The topological polar surface area (TPSA) is 102 Å². The third-order valence-corrected chi connectivity index (χ3v) is 5.10. The van der Waals surface area contributed by atoms with Crippen LogP contribution in [0.1, 0.15) is 15.9 Å². The number of carbonyl (C=O) groups excluding carboxylic acids is 2. The number of ether oxygens (including phenoxy) is 2. The first-order chi connectivity index (χ1) is 13.2. The van der Waals surface area contributed by atoms with E-state index < -0.39 is 28.4 Å². The number of nitrogens with zero attached hydrogens (tertiary/aromatic N) is 1. The molecule has 2 rings (SSSR count). The van der Waals surface area contributed by atoms with Crippen molar-refractivity contribution in [2.24, 2.45) is 0 Å². The number of amides is 1. The van der Waals surface area contributed by atoms with E-state index in [-0.39, 0.29) is 5.56 Å². The van der Waals surface area contributed by atoms with E-state index in [4.69, 9.17) is 4.74 Å². The van der Waals surface area contributed by atoms with Crippen LogP contribution in [0.3, 0.4) is 0 Å². The standard InChI is InChI=1S/C19H22N2O6S/c1-13-8-9-14(19(23)27-3)10-17(13)20-18(22)12-21(28(4,24)25)15-6-5-7-16(11-15)26-2/h5-11H,12H2,1-4H3,(H,20,22). The van der Waals surface area contributed by atoms with E-state index in [1.807, 2.05) is 0 Å². The predicted molar refractivity (Wildman–Crippen MR) is 106 cm³/mol. The summed E-state index contributed by atoms with van der Waals surface area (Å²) in [5.41, 5.74) is 1.69. The quantitative estimate of drug-likeness (QED) is 0.707. The van der Waals surface area contributed by atoms with Gasteiger partial charge in [-0.05, 0) is 36.8 Å². The number of nitrogens with one attached hydrogen (secondary N) is 1. The fourth-order valence-corrected chi connectivity index (χ4v) is 3.34. The summed E-state index contributed by atoms with van der Waals surface area (Å²) in [5, 5.41) is 2.65. The van der Waals surface area contributed by atoms with Gasteiger partial charge in [0.15, 0.2) is 0 Å². The van der Waals surface area contributed by atoms with Crippen LogP contribution in [0, 0.1) is 6.92 Å². The molecule has 0 saturated carbocycles. The smallest absolute Gasteiger partial charge is 0.337 e. The van der Waals surface area contributed by atoms with Gasteiger partial charge in [0.25, 0.3) is 0 Å². The summed E-state index contributed by atoms with van der Waals surface area (Å²) < 4.78 is 35.2. The molecule has 9 heteroatoms. The number of sulfonamides is 1. The van der Waals surface area contributed by atoms with Gasteiger partial charge in [-0.25, -0.2) is 13.2 Å². The largest absolute Gasteiger partial charge is 0.497 e. The maximum Gasteiger partial charge on any atom is 0.337 e. The summed E-state index contributed by atoms with van der Waals surface area (Å²) in [6.07, 6.45) is 1.02. The zero-order chi connectivity index (χ0) is 20.9. The van der Waals surface area contributed by atoms with Crippen molar-refractivity contribution in [3.05, 3.63) is 53.6 Å². The van der Waals surface area contributed by atoms with Gasteiger partial charge in [0, 0.05) is 11.8 Å². The summed E-state index contributed by atoms with van der Waals surface area (Å²) in [5.74, 6) is -0.629. The first kappa shape index (κ1) is 21.2. The Kier molecular flexibility index (Phi) is 6.63. The van der Waals surface area contributed by atoms with Crippen LogP contribution in [0.15, 0.2) is 42.5 Å². The molecule has 1 amide bonds. The van der Waals surface area contributed by atoms with Gasteiger partial charge in [-0.1, -0.05) is 12.1 Å². The number of hydrogen-bond donors (Lipinski definition) is 1. The maximum atomic E-state index is 12.5. The van der Waals surface area contributed by atoms with Gasteiger partial charge in [-0.3, -0.25) is 9.10 Å². The Bertz CT molecular complexity index is 988. The molecule has 0 heterocycles. The van der Waals surface area contributed by atoms with Crippen molar-refractivity contribution < 1.29 is 27.5 Å². The normalized spacial score (nSPS) is 10.9. The van der Waals surface area contributed by atoms with E-state index >= 15 is 0 Å². The molecule has 2 aromatic carbocycles. The van der Waals surface area contributed by atoms with E-state index in [9.17, 15) is 18.0 Å². The fraction of sp³-hybridized carbons (Fsp3) is 0.263. The lowest BCUT2D eigenvalue weighted by molar-refractivity contribution is -0.114. The van der Waals surface area contributed by atoms with Crippen molar-refractivity contribution in [2.75, 3.05) is 36.6 Å². The molecule has 0 aliphatic heterocycles. The van der Waals surface area contributed by atoms with Crippen molar-refractivity contribution >= 4 is 33.3 Å². The third-order valence-electron chi connectivity index (χ3n) is 3.96. The van der Waals surface area contributed by atoms with Crippen LogP contribution in [0.25, 0.3) is 0 Å². The summed E-state index contributed by atoms with van der Waals surface area (Å²) >= 11 is 0. The number of rotatable bonds is 7. The van der Waals surface area contributed by atoms with E-state index in [0.717, 1.165) is 10.6 Å². The number of carbonyl (C=O) groups is 2. The van der Waals surface area contributed by atoms with Crippen LogP contribution in [0.5, 0.6) is 5.75 Å². The Balaban J connectivity index is 2.27. The van der Waals surface area contributed by atoms with Gasteiger partial charge in [-0.15, -0.1) is 0 Å². The maximum absolute atomic E-state index is 12.5. The highest BCUT2D eigenvalue weighted by Gasteiger charge is 2.22. The number of methoxy groups -OCH3 is 2. The summed E-state index contributed by atoms with van der Waals surface area (Å²) in [7, 11) is -0.995.